The van der Waals surface area contributed by atoms with Crippen molar-refractivity contribution in [2.75, 3.05) is 6.61 Å². The van der Waals surface area contributed by atoms with Crippen molar-refractivity contribution in [3.8, 4) is 0 Å². The van der Waals surface area contributed by atoms with Crippen molar-refractivity contribution in [2.45, 2.75) is 20.8 Å². The van der Waals surface area contributed by atoms with Crippen LogP contribution in [0.25, 0.3) is 10.9 Å². The Morgan fingerprint density at radius 1 is 1.33 bits per heavy atom. The Morgan fingerprint density at radius 3 is 2.72 bits per heavy atom. The number of hydrogen-bond acceptors (Lipinski definition) is 3. The Kier molecular flexibility index (Phi) is 3.53. The van der Waals surface area contributed by atoms with Gasteiger partial charge in [-0.25, -0.2) is 9.78 Å². The second kappa shape index (κ2) is 4.94. The van der Waals surface area contributed by atoms with Crippen LogP contribution in [-0.4, -0.2) is 17.6 Å². The van der Waals surface area contributed by atoms with Gasteiger partial charge in [0.25, 0.3) is 0 Å². The molecule has 0 aliphatic carbocycles. The summed E-state index contributed by atoms with van der Waals surface area (Å²) in [6.45, 7) is 6.06. The molecule has 3 nitrogen and oxygen atoms in total. The predicted octanol–water partition coefficient (Wildman–Crippen LogP) is 3.68. The number of benzene rings is 1. The monoisotopic (exact) mass is 263 g/mol. The molecular formula is C14H14ClNO2. The van der Waals surface area contributed by atoms with Crippen molar-refractivity contribution in [1.29, 1.82) is 0 Å². The maximum atomic E-state index is 11.7. The van der Waals surface area contributed by atoms with Crippen molar-refractivity contribution < 1.29 is 9.53 Å². The standard InChI is InChI=1S/C14H14ClNO2/c1-4-18-14(17)11-7-10-6-8(2)5-9(3)12(10)16-13(11)15/h5-7H,4H2,1-3H3. The molecular weight excluding hydrogens is 250 g/mol. The Balaban J connectivity index is 2.64. The molecule has 1 aromatic heterocycles. The number of carbonyl (C=O) groups is 1. The second-order valence-corrected chi connectivity index (χ2v) is 4.56. The fraction of sp³-hybridized carbons (Fsp3) is 0.286. The topological polar surface area (TPSA) is 39.2 Å². The van der Waals surface area contributed by atoms with E-state index in [0.29, 0.717) is 12.2 Å². The summed E-state index contributed by atoms with van der Waals surface area (Å²) in [5.41, 5.74) is 3.30. The highest BCUT2D eigenvalue weighted by Crippen LogP contribution is 2.24. The summed E-state index contributed by atoms with van der Waals surface area (Å²) in [7, 11) is 0. The number of nitrogens with zero attached hydrogens (tertiary/aromatic N) is 1. The van der Waals surface area contributed by atoms with E-state index in [1.165, 1.54) is 0 Å². The first-order valence-electron chi connectivity index (χ1n) is 5.77. The molecule has 94 valence electrons. The molecule has 2 rings (SSSR count). The van der Waals surface area contributed by atoms with Crippen LogP contribution >= 0.6 is 11.6 Å². The van der Waals surface area contributed by atoms with Crippen molar-refractivity contribution in [3.05, 3.63) is 40.0 Å². The summed E-state index contributed by atoms with van der Waals surface area (Å²) < 4.78 is 4.95. The van der Waals surface area contributed by atoms with Crippen LogP contribution in [0, 0.1) is 13.8 Å². The normalized spacial score (nSPS) is 10.7. The molecule has 2 aromatic rings. The number of rotatable bonds is 2. The fourth-order valence-corrected chi connectivity index (χ4v) is 2.20. The number of aromatic nitrogens is 1. The third-order valence-corrected chi connectivity index (χ3v) is 2.99. The van der Waals surface area contributed by atoms with Gasteiger partial charge in [-0.15, -0.1) is 0 Å². The zero-order chi connectivity index (χ0) is 13.3. The molecule has 0 saturated carbocycles. The van der Waals surface area contributed by atoms with Gasteiger partial charge in [-0.05, 0) is 38.5 Å². The van der Waals surface area contributed by atoms with E-state index in [-0.39, 0.29) is 5.15 Å². The van der Waals surface area contributed by atoms with E-state index in [1.807, 2.05) is 26.0 Å². The molecule has 18 heavy (non-hydrogen) atoms. The van der Waals surface area contributed by atoms with Crippen molar-refractivity contribution in [3.63, 3.8) is 0 Å². The number of carbonyl (C=O) groups excluding carboxylic acids is 1. The number of halogens is 1. The van der Waals surface area contributed by atoms with Gasteiger partial charge in [-0.1, -0.05) is 23.2 Å². The lowest BCUT2D eigenvalue weighted by atomic mass is 10.1. The molecule has 0 spiro atoms. The molecule has 0 N–H and O–H groups in total. The van der Waals surface area contributed by atoms with E-state index < -0.39 is 5.97 Å². The van der Waals surface area contributed by atoms with Crippen molar-refractivity contribution in [2.24, 2.45) is 0 Å². The van der Waals surface area contributed by atoms with Gasteiger partial charge >= 0.3 is 5.97 Å². The van der Waals surface area contributed by atoms with Crippen molar-refractivity contribution in [1.82, 2.24) is 4.98 Å². The third kappa shape index (κ3) is 2.31. The summed E-state index contributed by atoms with van der Waals surface area (Å²) in [5.74, 6) is -0.434. The lowest BCUT2D eigenvalue weighted by Crippen LogP contribution is -2.06. The molecule has 0 atom stereocenters. The zero-order valence-corrected chi connectivity index (χ0v) is 11.3. The first kappa shape index (κ1) is 12.8. The molecule has 0 amide bonds. The Bertz CT molecular complexity index is 623. The highest BCUT2D eigenvalue weighted by atomic mass is 35.5. The van der Waals surface area contributed by atoms with Crippen LogP contribution in [0.15, 0.2) is 18.2 Å². The van der Waals surface area contributed by atoms with Crippen LogP contribution in [0.4, 0.5) is 0 Å². The molecule has 0 bridgehead atoms. The minimum atomic E-state index is -0.434. The summed E-state index contributed by atoms with van der Waals surface area (Å²) in [5, 5.41) is 1.09. The smallest absolute Gasteiger partial charge is 0.341 e. The Hall–Kier alpha value is -1.61. The molecule has 0 fully saturated rings. The number of fused-ring (bicyclic) bond motifs is 1. The zero-order valence-electron chi connectivity index (χ0n) is 10.6. The molecule has 0 aliphatic heterocycles. The molecule has 4 heteroatoms. The highest BCUT2D eigenvalue weighted by molar-refractivity contribution is 6.33. The van der Waals surface area contributed by atoms with E-state index in [9.17, 15) is 4.79 Å². The van der Waals surface area contributed by atoms with E-state index in [0.717, 1.165) is 22.0 Å². The molecule has 0 radical (unpaired) electrons. The van der Waals surface area contributed by atoms with Crippen LogP contribution in [0.2, 0.25) is 5.15 Å². The quantitative estimate of drug-likeness (QED) is 0.613. The van der Waals surface area contributed by atoms with E-state index in [1.54, 1.807) is 13.0 Å². The minimum absolute atomic E-state index is 0.188. The van der Waals surface area contributed by atoms with E-state index in [2.05, 4.69) is 4.98 Å². The lowest BCUT2D eigenvalue weighted by molar-refractivity contribution is 0.0526. The average Bonchev–Trinajstić information content (AvgIpc) is 2.29. The first-order chi connectivity index (χ1) is 8.52. The van der Waals surface area contributed by atoms with Gasteiger partial charge in [0, 0.05) is 5.39 Å². The Morgan fingerprint density at radius 2 is 2.06 bits per heavy atom. The highest BCUT2D eigenvalue weighted by Gasteiger charge is 2.14. The molecule has 0 saturated heterocycles. The van der Waals surface area contributed by atoms with Gasteiger partial charge < -0.3 is 4.74 Å². The minimum Gasteiger partial charge on any atom is -0.462 e. The van der Waals surface area contributed by atoms with Crippen LogP contribution in [0.1, 0.15) is 28.4 Å². The van der Waals surface area contributed by atoms with Crippen LogP contribution in [-0.2, 0) is 4.74 Å². The van der Waals surface area contributed by atoms with Gasteiger partial charge in [-0.2, -0.15) is 0 Å². The lowest BCUT2D eigenvalue weighted by Gasteiger charge is -2.08. The van der Waals surface area contributed by atoms with Crippen LogP contribution in [0.3, 0.4) is 0 Å². The van der Waals surface area contributed by atoms with Gasteiger partial charge in [0.05, 0.1) is 17.7 Å². The molecule has 0 aliphatic rings. The largest absolute Gasteiger partial charge is 0.462 e. The van der Waals surface area contributed by atoms with Gasteiger partial charge in [0.15, 0.2) is 0 Å². The van der Waals surface area contributed by atoms with Gasteiger partial charge in [0.1, 0.15) is 5.15 Å². The number of ether oxygens (including phenoxy) is 1. The number of pyridine rings is 1. The maximum Gasteiger partial charge on any atom is 0.341 e. The fourth-order valence-electron chi connectivity index (χ4n) is 1.98. The number of esters is 1. The first-order valence-corrected chi connectivity index (χ1v) is 6.15. The summed E-state index contributed by atoms with van der Waals surface area (Å²) >= 11 is 6.03. The molecule has 1 aromatic carbocycles. The Labute approximate surface area is 111 Å². The molecule has 0 unspecified atom stereocenters. The second-order valence-electron chi connectivity index (χ2n) is 4.20. The molecule has 1 heterocycles. The van der Waals surface area contributed by atoms with Gasteiger partial charge in [-0.3, -0.25) is 0 Å². The predicted molar refractivity (Wildman–Crippen MR) is 72.2 cm³/mol. The van der Waals surface area contributed by atoms with Crippen LogP contribution < -0.4 is 0 Å². The third-order valence-electron chi connectivity index (χ3n) is 2.70. The summed E-state index contributed by atoms with van der Waals surface area (Å²) in [6.07, 6.45) is 0. The number of aryl methyl sites for hydroxylation is 2. The van der Waals surface area contributed by atoms with E-state index >= 15 is 0 Å². The van der Waals surface area contributed by atoms with E-state index in [4.69, 9.17) is 16.3 Å². The summed E-state index contributed by atoms with van der Waals surface area (Å²) in [6, 6.07) is 5.76. The van der Waals surface area contributed by atoms with Gasteiger partial charge in [0.2, 0.25) is 0 Å². The summed E-state index contributed by atoms with van der Waals surface area (Å²) in [4.78, 5) is 16.0. The SMILES string of the molecule is CCOC(=O)c1cc2cc(C)cc(C)c2nc1Cl. The maximum absolute atomic E-state index is 11.7. The average molecular weight is 264 g/mol. The van der Waals surface area contributed by atoms with Crippen LogP contribution in [0.5, 0.6) is 0 Å². The van der Waals surface area contributed by atoms with Crippen molar-refractivity contribution >= 4 is 28.5 Å². The number of hydrogen-bond donors (Lipinski definition) is 0.